The van der Waals surface area contributed by atoms with Crippen molar-refractivity contribution in [2.75, 3.05) is 6.61 Å². The van der Waals surface area contributed by atoms with E-state index in [9.17, 15) is 28.5 Å². The van der Waals surface area contributed by atoms with E-state index in [-0.39, 0.29) is 28.5 Å². The standard InChI is InChI=1S/C26H22F4N6O4S/c1-10-32-26(36(34-10)18-6-20-17(5-14(18)27)33-11(2)41-20)25-24(39)22(23(38)19(9-37)40-25)35-8-13(7-31-35)12-3-15(28)21(30)16(29)4-12/h3-8,19,22-25,37-39H,9H2,1-2H3/t19-,22+,23+,24-,25-/m1/s1. The van der Waals surface area contributed by atoms with Gasteiger partial charge in [-0.05, 0) is 37.6 Å². The van der Waals surface area contributed by atoms with Crippen molar-refractivity contribution in [3.05, 3.63) is 76.6 Å². The summed E-state index contributed by atoms with van der Waals surface area (Å²) in [4.78, 5) is 8.66. The highest BCUT2D eigenvalue weighted by Crippen LogP contribution is 2.39. The van der Waals surface area contributed by atoms with E-state index in [4.69, 9.17) is 4.74 Å². The number of aliphatic hydroxyl groups is 3. The third-order valence-electron chi connectivity index (χ3n) is 6.90. The van der Waals surface area contributed by atoms with Gasteiger partial charge in [-0.1, -0.05) is 0 Å². The minimum Gasteiger partial charge on any atom is -0.394 e. The summed E-state index contributed by atoms with van der Waals surface area (Å²) in [6.45, 7) is 2.71. The van der Waals surface area contributed by atoms with Crippen molar-refractivity contribution < 1.29 is 37.6 Å². The van der Waals surface area contributed by atoms with Gasteiger partial charge in [0.05, 0.1) is 28.0 Å². The molecule has 0 saturated carbocycles. The first-order valence-electron chi connectivity index (χ1n) is 12.4. The summed E-state index contributed by atoms with van der Waals surface area (Å²) in [5.41, 5.74) is 0.635. The van der Waals surface area contributed by atoms with Crippen LogP contribution in [0.25, 0.3) is 27.0 Å². The molecule has 214 valence electrons. The predicted molar refractivity (Wildman–Crippen MR) is 137 cm³/mol. The second-order valence-corrected chi connectivity index (χ2v) is 10.9. The Balaban J connectivity index is 1.41. The Morgan fingerprint density at radius 2 is 1.68 bits per heavy atom. The van der Waals surface area contributed by atoms with Gasteiger partial charge >= 0.3 is 0 Å². The lowest BCUT2D eigenvalue weighted by Gasteiger charge is -2.41. The number of fused-ring (bicyclic) bond motifs is 1. The zero-order chi connectivity index (χ0) is 29.2. The summed E-state index contributed by atoms with van der Waals surface area (Å²) >= 11 is 1.36. The van der Waals surface area contributed by atoms with Gasteiger partial charge in [-0.2, -0.15) is 10.2 Å². The quantitative estimate of drug-likeness (QED) is 0.210. The number of aliphatic hydroxyl groups excluding tert-OH is 3. The van der Waals surface area contributed by atoms with Gasteiger partial charge in [-0.15, -0.1) is 11.3 Å². The van der Waals surface area contributed by atoms with E-state index < -0.39 is 60.3 Å². The fraction of sp³-hybridized carbons (Fsp3) is 0.308. The smallest absolute Gasteiger partial charge is 0.194 e. The number of nitrogens with zero attached hydrogens (tertiary/aromatic N) is 6. The lowest BCUT2D eigenvalue weighted by molar-refractivity contribution is -0.210. The molecule has 1 fully saturated rings. The summed E-state index contributed by atoms with van der Waals surface area (Å²) in [7, 11) is 0. The molecular formula is C26H22F4N6O4S. The third kappa shape index (κ3) is 4.68. The van der Waals surface area contributed by atoms with E-state index >= 15 is 4.39 Å². The van der Waals surface area contributed by atoms with Gasteiger partial charge in [0.1, 0.15) is 42.0 Å². The highest BCUT2D eigenvalue weighted by Gasteiger charge is 2.48. The van der Waals surface area contributed by atoms with Crippen molar-refractivity contribution >= 4 is 21.6 Å². The Morgan fingerprint density at radius 3 is 2.39 bits per heavy atom. The fourth-order valence-corrected chi connectivity index (χ4v) is 5.85. The molecule has 0 aliphatic carbocycles. The maximum atomic E-state index is 15.3. The van der Waals surface area contributed by atoms with Crippen LogP contribution in [-0.2, 0) is 4.74 Å². The molecule has 1 aliphatic heterocycles. The number of aromatic nitrogens is 6. The van der Waals surface area contributed by atoms with Crippen LogP contribution in [0.4, 0.5) is 17.6 Å². The first-order chi connectivity index (χ1) is 19.5. The van der Waals surface area contributed by atoms with Crippen LogP contribution in [0.5, 0.6) is 0 Å². The zero-order valence-corrected chi connectivity index (χ0v) is 22.2. The monoisotopic (exact) mass is 590 g/mol. The lowest BCUT2D eigenvalue weighted by atomic mass is 9.92. The number of hydrogen-bond acceptors (Lipinski definition) is 9. The molecule has 2 aromatic carbocycles. The average Bonchev–Trinajstić information content (AvgIpc) is 3.64. The van der Waals surface area contributed by atoms with E-state index in [0.717, 1.165) is 21.8 Å². The fourth-order valence-electron chi connectivity index (χ4n) is 5.01. The molecule has 3 N–H and O–H groups in total. The molecule has 6 rings (SSSR count). The zero-order valence-electron chi connectivity index (χ0n) is 21.4. The Labute approximate surface area is 233 Å². The number of benzene rings is 2. The molecule has 0 radical (unpaired) electrons. The Kier molecular flexibility index (Phi) is 6.86. The largest absolute Gasteiger partial charge is 0.394 e. The third-order valence-corrected chi connectivity index (χ3v) is 7.83. The first kappa shape index (κ1) is 27.4. The molecular weight excluding hydrogens is 568 g/mol. The van der Waals surface area contributed by atoms with E-state index in [1.54, 1.807) is 19.9 Å². The molecule has 4 heterocycles. The summed E-state index contributed by atoms with van der Waals surface area (Å²) in [6.07, 6.45) is -3.10. The molecule has 10 nitrogen and oxygen atoms in total. The van der Waals surface area contributed by atoms with E-state index in [1.807, 2.05) is 0 Å². The summed E-state index contributed by atoms with van der Waals surface area (Å²) in [5.74, 6) is -4.82. The maximum Gasteiger partial charge on any atom is 0.194 e. The van der Waals surface area contributed by atoms with Crippen LogP contribution in [0, 0.1) is 37.1 Å². The summed E-state index contributed by atoms with van der Waals surface area (Å²) < 4.78 is 65.3. The summed E-state index contributed by atoms with van der Waals surface area (Å²) in [6, 6.07) is 3.15. The predicted octanol–water partition coefficient (Wildman–Crippen LogP) is 3.31. The lowest BCUT2D eigenvalue weighted by Crippen LogP contribution is -2.53. The van der Waals surface area contributed by atoms with Crippen molar-refractivity contribution in [2.45, 2.75) is 44.3 Å². The summed E-state index contributed by atoms with van der Waals surface area (Å²) in [5, 5.41) is 41.6. The molecule has 41 heavy (non-hydrogen) atoms. The normalized spacial score (nSPS) is 23.0. The Morgan fingerprint density at radius 1 is 0.951 bits per heavy atom. The van der Waals surface area contributed by atoms with Crippen LogP contribution in [0.1, 0.15) is 28.8 Å². The van der Waals surface area contributed by atoms with Crippen LogP contribution >= 0.6 is 11.3 Å². The van der Waals surface area contributed by atoms with Gasteiger partial charge in [0, 0.05) is 17.8 Å². The van der Waals surface area contributed by atoms with Gasteiger partial charge in [0.25, 0.3) is 0 Å². The number of aryl methyl sites for hydroxylation is 2. The van der Waals surface area contributed by atoms with Gasteiger partial charge < -0.3 is 20.1 Å². The van der Waals surface area contributed by atoms with Gasteiger partial charge in [0.15, 0.2) is 29.1 Å². The van der Waals surface area contributed by atoms with Gasteiger partial charge in [-0.25, -0.2) is 32.2 Å². The van der Waals surface area contributed by atoms with Crippen molar-refractivity contribution in [1.29, 1.82) is 0 Å². The maximum absolute atomic E-state index is 15.3. The van der Waals surface area contributed by atoms with Crippen LogP contribution in [-0.4, -0.2) is 69.8 Å². The van der Waals surface area contributed by atoms with Crippen molar-refractivity contribution in [3.8, 4) is 16.8 Å². The number of hydrogen-bond donors (Lipinski definition) is 3. The number of rotatable bonds is 5. The molecule has 1 saturated heterocycles. The van der Waals surface area contributed by atoms with E-state index in [2.05, 4.69) is 20.2 Å². The average molecular weight is 591 g/mol. The number of halogens is 4. The molecule has 5 atom stereocenters. The van der Waals surface area contributed by atoms with Gasteiger partial charge in [0.2, 0.25) is 0 Å². The molecule has 5 aromatic rings. The molecule has 0 amide bonds. The molecule has 0 bridgehead atoms. The molecule has 3 aromatic heterocycles. The number of thiazole rings is 1. The van der Waals surface area contributed by atoms with Crippen LogP contribution < -0.4 is 0 Å². The SMILES string of the molecule is Cc1nc([C@@H]2O[C@H](CO)[C@H](O)[C@H](n3cc(-c4cc(F)c(F)c(F)c4)cn3)[C@H]2O)n(-c2cc3sc(C)nc3cc2F)n1. The van der Waals surface area contributed by atoms with E-state index in [0.29, 0.717) is 10.2 Å². The van der Waals surface area contributed by atoms with Crippen molar-refractivity contribution in [2.24, 2.45) is 0 Å². The first-order valence-corrected chi connectivity index (χ1v) is 13.2. The molecule has 0 unspecified atom stereocenters. The van der Waals surface area contributed by atoms with Crippen molar-refractivity contribution in [3.63, 3.8) is 0 Å². The topological polar surface area (TPSA) is 131 Å². The molecule has 1 aliphatic rings. The second kappa shape index (κ2) is 10.3. The highest BCUT2D eigenvalue weighted by molar-refractivity contribution is 7.18. The highest BCUT2D eigenvalue weighted by atomic mass is 32.1. The Hall–Kier alpha value is -3.76. The molecule has 0 spiro atoms. The molecule has 15 heteroatoms. The van der Waals surface area contributed by atoms with Crippen LogP contribution in [0.2, 0.25) is 0 Å². The Bertz CT molecular complexity index is 1750. The van der Waals surface area contributed by atoms with Gasteiger partial charge in [-0.3, -0.25) is 4.68 Å². The minimum atomic E-state index is -1.62. The second-order valence-electron chi connectivity index (χ2n) is 9.65. The van der Waals surface area contributed by atoms with Crippen LogP contribution in [0.3, 0.4) is 0 Å². The van der Waals surface area contributed by atoms with E-state index in [1.165, 1.54) is 34.5 Å². The van der Waals surface area contributed by atoms with Crippen molar-refractivity contribution in [1.82, 2.24) is 29.5 Å². The minimum absolute atomic E-state index is 0.0000986. The van der Waals surface area contributed by atoms with Crippen LogP contribution in [0.15, 0.2) is 36.7 Å². The number of ether oxygens (including phenoxy) is 1.